The zero-order chi connectivity index (χ0) is 15.5. The molecule has 21 heavy (non-hydrogen) atoms. The van der Waals surface area contributed by atoms with Crippen LogP contribution in [0, 0.1) is 46.8 Å². The Morgan fingerprint density at radius 2 is 1.71 bits per heavy atom. The van der Waals surface area contributed by atoms with E-state index in [1.807, 2.05) is 37.3 Å². The Hall–Kier alpha value is -2.32. The van der Waals surface area contributed by atoms with Gasteiger partial charge in [0.1, 0.15) is 0 Å². The van der Waals surface area contributed by atoms with Gasteiger partial charge in [-0.1, -0.05) is 42.0 Å². The molecule has 0 N–H and O–H groups in total. The highest BCUT2D eigenvalue weighted by Crippen LogP contribution is 2.53. The van der Waals surface area contributed by atoms with E-state index in [9.17, 15) is 10.5 Å². The van der Waals surface area contributed by atoms with Crippen LogP contribution in [0.1, 0.15) is 29.9 Å². The van der Waals surface area contributed by atoms with E-state index in [1.165, 1.54) is 5.56 Å². The molecule has 2 heteroatoms. The Morgan fingerprint density at radius 1 is 1.10 bits per heavy atom. The monoisotopic (exact) mass is 276 g/mol. The molecule has 0 bridgehead atoms. The molecule has 1 aliphatic rings. The van der Waals surface area contributed by atoms with Crippen LogP contribution in [0.5, 0.6) is 0 Å². The number of nitrogens with zero attached hydrogens (tertiary/aromatic N) is 2. The fraction of sp³-hybridized carbons (Fsp3) is 0.368. The van der Waals surface area contributed by atoms with Gasteiger partial charge < -0.3 is 0 Å². The number of hydrogen-bond acceptors (Lipinski definition) is 2. The van der Waals surface area contributed by atoms with Gasteiger partial charge in [-0.05, 0) is 31.2 Å². The SMILES string of the molecule is C=C[C@@H]1CC[C@@H](C=C)C(C#N)(C#N)[C@@H]1c1ccc(C)cc1. The third-order valence-electron chi connectivity index (χ3n) is 4.71. The molecule has 0 unspecified atom stereocenters. The summed E-state index contributed by atoms with van der Waals surface area (Å²) in [6.07, 6.45) is 5.41. The minimum absolute atomic E-state index is 0.102. The lowest BCUT2D eigenvalue weighted by Gasteiger charge is -2.43. The van der Waals surface area contributed by atoms with Crippen molar-refractivity contribution in [1.29, 1.82) is 10.5 Å². The van der Waals surface area contributed by atoms with E-state index >= 15 is 0 Å². The van der Waals surface area contributed by atoms with Crippen molar-refractivity contribution in [2.24, 2.45) is 17.3 Å². The van der Waals surface area contributed by atoms with Crippen molar-refractivity contribution in [1.82, 2.24) is 0 Å². The quantitative estimate of drug-likeness (QED) is 0.762. The number of nitriles is 2. The van der Waals surface area contributed by atoms with E-state index in [-0.39, 0.29) is 17.8 Å². The fourth-order valence-electron chi connectivity index (χ4n) is 3.51. The summed E-state index contributed by atoms with van der Waals surface area (Å²) in [4.78, 5) is 0. The number of allylic oxidation sites excluding steroid dienone is 2. The minimum atomic E-state index is -1.06. The zero-order valence-electron chi connectivity index (χ0n) is 12.4. The molecule has 0 aromatic heterocycles. The van der Waals surface area contributed by atoms with Crippen molar-refractivity contribution in [2.45, 2.75) is 25.7 Å². The second kappa shape index (κ2) is 5.98. The molecule has 1 saturated carbocycles. The topological polar surface area (TPSA) is 47.6 Å². The number of hydrogen-bond donors (Lipinski definition) is 0. The first-order valence-corrected chi connectivity index (χ1v) is 7.27. The molecule has 3 atom stereocenters. The van der Waals surface area contributed by atoms with Gasteiger partial charge in [-0.15, -0.1) is 13.2 Å². The molecular formula is C19H20N2. The lowest BCUT2D eigenvalue weighted by Crippen LogP contribution is -2.41. The smallest absolute Gasteiger partial charge is 0.157 e. The maximum Gasteiger partial charge on any atom is 0.157 e. The van der Waals surface area contributed by atoms with Crippen molar-refractivity contribution < 1.29 is 0 Å². The van der Waals surface area contributed by atoms with Crippen LogP contribution in [0.3, 0.4) is 0 Å². The summed E-state index contributed by atoms with van der Waals surface area (Å²) in [5.41, 5.74) is 1.15. The molecule has 0 aliphatic heterocycles. The van der Waals surface area contributed by atoms with Crippen LogP contribution in [0.2, 0.25) is 0 Å². The summed E-state index contributed by atoms with van der Waals surface area (Å²) in [6.45, 7) is 9.79. The molecule has 1 fully saturated rings. The second-order valence-corrected chi connectivity index (χ2v) is 5.80. The van der Waals surface area contributed by atoms with E-state index in [2.05, 4.69) is 25.3 Å². The molecule has 0 spiro atoms. The van der Waals surface area contributed by atoms with Gasteiger partial charge in [0.15, 0.2) is 5.41 Å². The Bertz CT molecular complexity index is 598. The predicted octanol–water partition coefficient (Wildman–Crippen LogP) is 4.51. The largest absolute Gasteiger partial charge is 0.197 e. The van der Waals surface area contributed by atoms with Crippen LogP contribution < -0.4 is 0 Å². The summed E-state index contributed by atoms with van der Waals surface area (Å²) < 4.78 is 0. The number of aryl methyl sites for hydroxylation is 1. The van der Waals surface area contributed by atoms with Gasteiger partial charge in [0.2, 0.25) is 0 Å². The van der Waals surface area contributed by atoms with E-state index in [0.29, 0.717) is 0 Å². The molecule has 1 aromatic rings. The Balaban J connectivity index is 2.61. The molecule has 0 amide bonds. The summed E-state index contributed by atoms with van der Waals surface area (Å²) in [7, 11) is 0. The van der Waals surface area contributed by atoms with E-state index in [1.54, 1.807) is 6.08 Å². The molecule has 2 nitrogen and oxygen atoms in total. The Kier molecular flexibility index (Phi) is 4.29. The van der Waals surface area contributed by atoms with Crippen LogP contribution in [0.4, 0.5) is 0 Å². The Morgan fingerprint density at radius 3 is 2.19 bits per heavy atom. The average molecular weight is 276 g/mol. The number of rotatable bonds is 3. The first kappa shape index (κ1) is 15.1. The summed E-state index contributed by atoms with van der Waals surface area (Å²) >= 11 is 0. The van der Waals surface area contributed by atoms with E-state index < -0.39 is 5.41 Å². The molecular weight excluding hydrogens is 256 g/mol. The highest BCUT2D eigenvalue weighted by Gasteiger charge is 2.51. The predicted molar refractivity (Wildman–Crippen MR) is 84.2 cm³/mol. The molecule has 1 aromatic carbocycles. The standard InChI is InChI=1S/C19H20N2/c1-4-15-10-11-17(5-2)19(12-20,13-21)18(15)16-8-6-14(3)7-9-16/h4-9,15,17-18H,1-2,10-11H2,3H3/t15-,17-,18+/m1/s1. The first-order chi connectivity index (χ1) is 10.1. The number of benzene rings is 1. The lowest BCUT2D eigenvalue weighted by atomic mass is 9.56. The van der Waals surface area contributed by atoms with Crippen molar-refractivity contribution in [2.75, 3.05) is 0 Å². The molecule has 0 heterocycles. The van der Waals surface area contributed by atoms with Crippen molar-refractivity contribution in [3.63, 3.8) is 0 Å². The van der Waals surface area contributed by atoms with Gasteiger partial charge in [-0.3, -0.25) is 0 Å². The van der Waals surface area contributed by atoms with Gasteiger partial charge in [0, 0.05) is 11.8 Å². The van der Waals surface area contributed by atoms with Gasteiger partial charge in [0.05, 0.1) is 12.1 Å². The minimum Gasteiger partial charge on any atom is -0.197 e. The first-order valence-electron chi connectivity index (χ1n) is 7.27. The van der Waals surface area contributed by atoms with E-state index in [4.69, 9.17) is 0 Å². The normalized spacial score (nSPS) is 27.1. The van der Waals surface area contributed by atoms with Gasteiger partial charge in [-0.25, -0.2) is 0 Å². The van der Waals surface area contributed by atoms with Crippen LogP contribution in [0.25, 0.3) is 0 Å². The van der Waals surface area contributed by atoms with Gasteiger partial charge in [-0.2, -0.15) is 10.5 Å². The van der Waals surface area contributed by atoms with Crippen LogP contribution in [-0.2, 0) is 0 Å². The van der Waals surface area contributed by atoms with Crippen LogP contribution >= 0.6 is 0 Å². The molecule has 2 rings (SSSR count). The second-order valence-electron chi connectivity index (χ2n) is 5.80. The van der Waals surface area contributed by atoms with Crippen molar-refractivity contribution >= 4 is 0 Å². The van der Waals surface area contributed by atoms with Crippen LogP contribution in [0.15, 0.2) is 49.6 Å². The summed E-state index contributed by atoms with van der Waals surface area (Å²) in [5, 5.41) is 19.6. The summed E-state index contributed by atoms with van der Waals surface area (Å²) in [6, 6.07) is 12.8. The van der Waals surface area contributed by atoms with Crippen LogP contribution in [-0.4, -0.2) is 0 Å². The highest BCUT2D eigenvalue weighted by molar-refractivity contribution is 5.37. The summed E-state index contributed by atoms with van der Waals surface area (Å²) in [5.74, 6) is -0.111. The zero-order valence-corrected chi connectivity index (χ0v) is 12.4. The lowest BCUT2D eigenvalue weighted by molar-refractivity contribution is 0.184. The molecule has 106 valence electrons. The fourth-order valence-corrected chi connectivity index (χ4v) is 3.51. The average Bonchev–Trinajstić information content (AvgIpc) is 2.54. The highest BCUT2D eigenvalue weighted by atomic mass is 14.5. The molecule has 0 radical (unpaired) electrons. The van der Waals surface area contributed by atoms with E-state index in [0.717, 1.165) is 18.4 Å². The van der Waals surface area contributed by atoms with Gasteiger partial charge >= 0.3 is 0 Å². The maximum absolute atomic E-state index is 9.79. The van der Waals surface area contributed by atoms with Crippen molar-refractivity contribution in [3.05, 3.63) is 60.7 Å². The third-order valence-corrected chi connectivity index (χ3v) is 4.71. The van der Waals surface area contributed by atoms with Crippen molar-refractivity contribution in [3.8, 4) is 12.1 Å². The van der Waals surface area contributed by atoms with Gasteiger partial charge in [0.25, 0.3) is 0 Å². The maximum atomic E-state index is 9.79. The Labute approximate surface area is 127 Å². The third kappa shape index (κ3) is 2.39. The molecule has 0 saturated heterocycles. The molecule has 1 aliphatic carbocycles.